The molecule has 7 nitrogen and oxygen atoms in total. The Morgan fingerprint density at radius 3 is 2.07 bits per heavy atom. The zero-order valence-electron chi connectivity index (χ0n) is 16.7. The second-order valence-corrected chi connectivity index (χ2v) is 9.16. The Hall–Kier alpha value is -2.71. The zero-order chi connectivity index (χ0) is 21.2. The Bertz CT molecular complexity index is 999. The number of benzene rings is 2. The maximum atomic E-state index is 12.7. The van der Waals surface area contributed by atoms with Crippen molar-refractivity contribution in [1.29, 1.82) is 0 Å². The number of anilines is 1. The molecule has 0 aromatic heterocycles. The maximum Gasteiger partial charge on any atom is 0.240 e. The van der Waals surface area contributed by atoms with Gasteiger partial charge < -0.3 is 10.2 Å². The number of hydrogen-bond donors (Lipinski definition) is 2. The summed E-state index contributed by atoms with van der Waals surface area (Å²) in [4.78, 5) is 24.9. The number of hydrogen-bond acceptors (Lipinski definition) is 4. The van der Waals surface area contributed by atoms with Gasteiger partial charge in [-0.25, -0.2) is 13.1 Å². The number of sulfonamides is 1. The third-order valence-corrected chi connectivity index (χ3v) is 6.34. The number of nitrogens with one attached hydrogen (secondary N) is 2. The van der Waals surface area contributed by atoms with Crippen LogP contribution >= 0.6 is 0 Å². The number of carbonyl (C=O) groups is 2. The molecule has 0 saturated carbocycles. The molecule has 3 rings (SSSR count). The topological polar surface area (TPSA) is 95.6 Å². The molecule has 1 aliphatic rings. The summed E-state index contributed by atoms with van der Waals surface area (Å²) in [6.07, 6.45) is 0.177. The third-order valence-electron chi connectivity index (χ3n) is 4.81. The Balaban J connectivity index is 1.70. The summed E-state index contributed by atoms with van der Waals surface area (Å²) in [6, 6.07) is 13.5. The van der Waals surface area contributed by atoms with Gasteiger partial charge in [0.1, 0.15) is 0 Å². The quantitative estimate of drug-likeness (QED) is 0.758. The van der Waals surface area contributed by atoms with Crippen LogP contribution < -0.4 is 10.0 Å². The summed E-state index contributed by atoms with van der Waals surface area (Å²) in [5.74, 6) is -0.175. The van der Waals surface area contributed by atoms with E-state index >= 15 is 0 Å². The molecular formula is C21H25N3O4S. The molecule has 2 N–H and O–H groups in total. The first-order valence-electron chi connectivity index (χ1n) is 9.45. The summed E-state index contributed by atoms with van der Waals surface area (Å²) in [7, 11) is -3.71. The molecule has 0 radical (unpaired) electrons. The molecule has 2 aromatic rings. The Morgan fingerprint density at radius 2 is 1.59 bits per heavy atom. The highest BCUT2D eigenvalue weighted by molar-refractivity contribution is 7.89. The van der Waals surface area contributed by atoms with Gasteiger partial charge in [0.2, 0.25) is 21.8 Å². The molecule has 1 aliphatic heterocycles. The molecule has 0 spiro atoms. The first-order chi connectivity index (χ1) is 13.7. The highest BCUT2D eigenvalue weighted by Gasteiger charge is 2.33. The predicted molar refractivity (Wildman–Crippen MR) is 112 cm³/mol. The lowest BCUT2D eigenvalue weighted by Gasteiger charge is -2.21. The van der Waals surface area contributed by atoms with Gasteiger partial charge in [-0.2, -0.15) is 0 Å². The van der Waals surface area contributed by atoms with Gasteiger partial charge in [0.15, 0.2) is 0 Å². The van der Waals surface area contributed by atoms with E-state index in [0.29, 0.717) is 12.2 Å². The molecular weight excluding hydrogens is 390 g/mol. The highest BCUT2D eigenvalue weighted by Crippen LogP contribution is 2.24. The van der Waals surface area contributed by atoms with Crippen molar-refractivity contribution in [2.45, 2.75) is 44.2 Å². The lowest BCUT2D eigenvalue weighted by atomic mass is 10.1. The Labute approximate surface area is 171 Å². The monoisotopic (exact) mass is 415 g/mol. The summed E-state index contributed by atoms with van der Waals surface area (Å²) in [5, 5.41) is 2.71. The number of rotatable bonds is 6. The average molecular weight is 416 g/mol. The molecule has 1 unspecified atom stereocenters. The van der Waals surface area contributed by atoms with Crippen LogP contribution in [0.4, 0.5) is 5.69 Å². The SMILES string of the molecule is CC(=O)Nc1ccc(-c2ccc(S(=O)(=O)NC3CC(=O)N(C(C)C)C3)cc2)cc1. The van der Waals surface area contributed by atoms with E-state index in [2.05, 4.69) is 10.0 Å². The number of nitrogens with zero attached hydrogens (tertiary/aromatic N) is 1. The number of likely N-dealkylation sites (tertiary alicyclic amines) is 1. The Kier molecular flexibility index (Phi) is 6.04. The van der Waals surface area contributed by atoms with Crippen molar-refractivity contribution in [2.75, 3.05) is 11.9 Å². The minimum absolute atomic E-state index is 0.0363. The van der Waals surface area contributed by atoms with Crippen LogP contribution in [0.25, 0.3) is 11.1 Å². The molecule has 1 saturated heterocycles. The van der Waals surface area contributed by atoms with Crippen LogP contribution in [-0.4, -0.2) is 43.8 Å². The zero-order valence-corrected chi connectivity index (χ0v) is 17.5. The van der Waals surface area contributed by atoms with Gasteiger partial charge in [-0.3, -0.25) is 9.59 Å². The van der Waals surface area contributed by atoms with Gasteiger partial charge in [-0.05, 0) is 49.2 Å². The van der Waals surface area contributed by atoms with Gasteiger partial charge in [-0.1, -0.05) is 24.3 Å². The van der Waals surface area contributed by atoms with E-state index < -0.39 is 16.1 Å². The minimum atomic E-state index is -3.71. The van der Waals surface area contributed by atoms with Crippen LogP contribution in [0.3, 0.4) is 0 Å². The molecule has 0 aliphatic carbocycles. The molecule has 29 heavy (non-hydrogen) atoms. The summed E-state index contributed by atoms with van der Waals surface area (Å²) < 4.78 is 28.0. The smallest absolute Gasteiger partial charge is 0.240 e. The van der Waals surface area contributed by atoms with Crippen LogP contribution in [0.15, 0.2) is 53.4 Å². The fraction of sp³-hybridized carbons (Fsp3) is 0.333. The Morgan fingerprint density at radius 1 is 1.03 bits per heavy atom. The standard InChI is InChI=1S/C21H25N3O4S/c1-14(2)24-13-19(12-21(24)26)23-29(27,28)20-10-6-17(7-11-20)16-4-8-18(9-5-16)22-15(3)25/h4-11,14,19,23H,12-13H2,1-3H3,(H,22,25). The summed E-state index contributed by atoms with van der Waals surface area (Å²) >= 11 is 0. The van der Waals surface area contributed by atoms with E-state index in [4.69, 9.17) is 0 Å². The van der Waals surface area contributed by atoms with Crippen LogP contribution in [0.1, 0.15) is 27.2 Å². The normalized spacial score (nSPS) is 17.0. The fourth-order valence-electron chi connectivity index (χ4n) is 3.37. The van der Waals surface area contributed by atoms with Crippen molar-refractivity contribution in [3.8, 4) is 11.1 Å². The van der Waals surface area contributed by atoms with Crippen LogP contribution in [0, 0.1) is 0 Å². The second kappa shape index (κ2) is 8.34. The van der Waals surface area contributed by atoms with E-state index in [1.54, 1.807) is 41.3 Å². The highest BCUT2D eigenvalue weighted by atomic mass is 32.2. The van der Waals surface area contributed by atoms with E-state index in [1.807, 2.05) is 26.0 Å². The fourth-order valence-corrected chi connectivity index (χ4v) is 4.60. The third kappa shape index (κ3) is 5.02. The summed E-state index contributed by atoms with van der Waals surface area (Å²) in [5.41, 5.74) is 2.47. The molecule has 1 atom stereocenters. The first kappa shape index (κ1) is 21.0. The molecule has 2 aromatic carbocycles. The summed E-state index contributed by atoms with van der Waals surface area (Å²) in [6.45, 7) is 5.66. The second-order valence-electron chi connectivity index (χ2n) is 7.45. The van der Waals surface area contributed by atoms with Gasteiger partial charge in [0.25, 0.3) is 0 Å². The average Bonchev–Trinajstić information content (AvgIpc) is 3.02. The lowest BCUT2D eigenvalue weighted by molar-refractivity contribution is -0.129. The maximum absolute atomic E-state index is 12.7. The van der Waals surface area contributed by atoms with Crippen molar-refractivity contribution >= 4 is 27.5 Å². The van der Waals surface area contributed by atoms with E-state index in [1.165, 1.54) is 6.92 Å². The van der Waals surface area contributed by atoms with Gasteiger partial charge in [0.05, 0.1) is 4.90 Å². The predicted octanol–water partition coefficient (Wildman–Crippen LogP) is 2.60. The first-order valence-corrected chi connectivity index (χ1v) is 10.9. The van der Waals surface area contributed by atoms with Gasteiger partial charge in [-0.15, -0.1) is 0 Å². The minimum Gasteiger partial charge on any atom is -0.339 e. The van der Waals surface area contributed by atoms with E-state index in [-0.39, 0.29) is 29.2 Å². The van der Waals surface area contributed by atoms with Crippen LogP contribution in [-0.2, 0) is 19.6 Å². The van der Waals surface area contributed by atoms with Crippen LogP contribution in [0.5, 0.6) is 0 Å². The van der Waals surface area contributed by atoms with Crippen molar-refractivity contribution in [2.24, 2.45) is 0 Å². The molecule has 154 valence electrons. The van der Waals surface area contributed by atoms with Gasteiger partial charge in [0, 0.05) is 37.7 Å². The van der Waals surface area contributed by atoms with Crippen molar-refractivity contribution < 1.29 is 18.0 Å². The lowest BCUT2D eigenvalue weighted by Crippen LogP contribution is -2.38. The van der Waals surface area contributed by atoms with E-state index in [0.717, 1.165) is 11.1 Å². The van der Waals surface area contributed by atoms with Crippen LogP contribution in [0.2, 0.25) is 0 Å². The van der Waals surface area contributed by atoms with E-state index in [9.17, 15) is 18.0 Å². The number of carbonyl (C=O) groups excluding carboxylic acids is 2. The molecule has 8 heteroatoms. The molecule has 1 fully saturated rings. The molecule has 1 heterocycles. The van der Waals surface area contributed by atoms with Gasteiger partial charge >= 0.3 is 0 Å². The number of amides is 2. The molecule has 0 bridgehead atoms. The van der Waals surface area contributed by atoms with Crippen molar-refractivity contribution in [3.05, 3.63) is 48.5 Å². The van der Waals surface area contributed by atoms with Crippen molar-refractivity contribution in [3.63, 3.8) is 0 Å². The van der Waals surface area contributed by atoms with Crippen molar-refractivity contribution in [1.82, 2.24) is 9.62 Å². The largest absolute Gasteiger partial charge is 0.339 e. The molecule has 2 amide bonds.